The molecule has 208 valence electrons. The summed E-state index contributed by atoms with van der Waals surface area (Å²) in [4.78, 5) is 13.3. The number of halogens is 2. The minimum Gasteiger partial charge on any atom is -0.373 e. The predicted octanol–water partition coefficient (Wildman–Crippen LogP) is 5.15. The first-order valence-corrected chi connectivity index (χ1v) is 15.6. The van der Waals surface area contributed by atoms with Gasteiger partial charge in [-0.05, 0) is 87.0 Å². The monoisotopic (exact) mass is 611 g/mol. The second kappa shape index (κ2) is 11.4. The minimum atomic E-state index is -4.03. The average Bonchev–Trinajstić information content (AvgIpc) is 2.84. The van der Waals surface area contributed by atoms with Gasteiger partial charge in [-0.25, -0.2) is 16.8 Å². The number of hydrogen-bond acceptors (Lipinski definition) is 6. The van der Waals surface area contributed by atoms with Gasteiger partial charge in [0.05, 0.1) is 33.2 Å². The summed E-state index contributed by atoms with van der Waals surface area (Å²) < 4.78 is 61.8. The minimum absolute atomic E-state index is 0.0123. The van der Waals surface area contributed by atoms with Crippen LogP contribution in [0.1, 0.15) is 29.8 Å². The van der Waals surface area contributed by atoms with E-state index in [1.54, 1.807) is 13.0 Å². The van der Waals surface area contributed by atoms with Gasteiger partial charge in [0.25, 0.3) is 15.9 Å². The van der Waals surface area contributed by atoms with Crippen LogP contribution in [0.2, 0.25) is 10.0 Å². The number of nitrogens with zero attached hydrogens (tertiary/aromatic N) is 1. The van der Waals surface area contributed by atoms with E-state index in [1.165, 1.54) is 58.9 Å². The van der Waals surface area contributed by atoms with Crippen LogP contribution in [0.15, 0.2) is 70.5 Å². The molecule has 1 heterocycles. The number of amides is 1. The highest BCUT2D eigenvalue weighted by Gasteiger charge is 2.33. The molecule has 0 aromatic heterocycles. The molecule has 2 atom stereocenters. The summed E-state index contributed by atoms with van der Waals surface area (Å²) in [6.07, 6.45) is -0.460. The van der Waals surface area contributed by atoms with E-state index in [-0.39, 0.29) is 51.4 Å². The average molecular weight is 613 g/mol. The normalized spacial score (nSPS) is 18.5. The molecular weight excluding hydrogens is 585 g/mol. The Morgan fingerprint density at radius 2 is 1.51 bits per heavy atom. The van der Waals surface area contributed by atoms with Crippen LogP contribution in [0, 0.1) is 6.92 Å². The SMILES string of the molecule is Cc1cc(NC(=O)c2cc(Cl)ccc2NS(=O)(=O)c2ccc(Cl)cc2)ccc1S(=O)(=O)N1CC(C)OC(C)C1. The van der Waals surface area contributed by atoms with Crippen molar-refractivity contribution >= 4 is 60.5 Å². The Labute approximate surface area is 238 Å². The first-order chi connectivity index (χ1) is 18.3. The number of morpholine rings is 1. The zero-order valence-corrected chi connectivity index (χ0v) is 24.5. The van der Waals surface area contributed by atoms with Crippen molar-refractivity contribution in [2.75, 3.05) is 23.1 Å². The maximum Gasteiger partial charge on any atom is 0.261 e. The van der Waals surface area contributed by atoms with E-state index in [9.17, 15) is 21.6 Å². The number of ether oxygens (including phenoxy) is 1. The van der Waals surface area contributed by atoms with Crippen LogP contribution >= 0.6 is 23.2 Å². The number of benzene rings is 3. The van der Waals surface area contributed by atoms with Gasteiger partial charge in [-0.3, -0.25) is 9.52 Å². The number of rotatable bonds is 7. The summed E-state index contributed by atoms with van der Waals surface area (Å²) in [5.74, 6) is -0.642. The topological polar surface area (TPSA) is 122 Å². The third-order valence-corrected chi connectivity index (χ3v) is 9.89. The van der Waals surface area contributed by atoms with Crippen molar-refractivity contribution in [1.82, 2.24) is 4.31 Å². The molecular formula is C26H27Cl2N3O6S2. The van der Waals surface area contributed by atoms with E-state index >= 15 is 0 Å². The van der Waals surface area contributed by atoms with Crippen molar-refractivity contribution in [3.63, 3.8) is 0 Å². The second-order valence-corrected chi connectivity index (χ2v) is 13.7. The molecule has 0 aliphatic carbocycles. The van der Waals surface area contributed by atoms with Crippen molar-refractivity contribution in [3.05, 3.63) is 81.8 Å². The Balaban J connectivity index is 1.57. The van der Waals surface area contributed by atoms with Crippen LogP contribution in [-0.4, -0.2) is 52.3 Å². The third kappa shape index (κ3) is 6.74. The molecule has 2 N–H and O–H groups in total. The Kier molecular flexibility index (Phi) is 8.60. The van der Waals surface area contributed by atoms with Crippen LogP contribution in [0.3, 0.4) is 0 Å². The lowest BCUT2D eigenvalue weighted by Crippen LogP contribution is -2.48. The van der Waals surface area contributed by atoms with E-state index in [4.69, 9.17) is 27.9 Å². The molecule has 3 aromatic rings. The zero-order chi connectivity index (χ0) is 28.5. The fourth-order valence-corrected chi connectivity index (χ4v) is 7.47. The van der Waals surface area contributed by atoms with Crippen molar-refractivity contribution in [3.8, 4) is 0 Å². The fourth-order valence-electron chi connectivity index (χ4n) is 4.29. The molecule has 1 aliphatic rings. The van der Waals surface area contributed by atoms with Gasteiger partial charge in [0, 0.05) is 28.8 Å². The number of nitrogens with one attached hydrogen (secondary N) is 2. The van der Waals surface area contributed by atoms with Crippen LogP contribution in [0.5, 0.6) is 0 Å². The first kappa shape index (κ1) is 29.3. The van der Waals surface area contributed by atoms with Gasteiger partial charge in [-0.1, -0.05) is 23.2 Å². The van der Waals surface area contributed by atoms with E-state index in [2.05, 4.69) is 10.0 Å². The van der Waals surface area contributed by atoms with Gasteiger partial charge in [0.1, 0.15) is 0 Å². The van der Waals surface area contributed by atoms with Crippen LogP contribution < -0.4 is 10.0 Å². The van der Waals surface area contributed by atoms with Gasteiger partial charge in [-0.2, -0.15) is 4.31 Å². The standard InChI is InChI=1S/C26H27Cl2N3O6S2/c1-16-12-21(7-11-25(16)39(35,36)31-14-17(2)37-18(3)15-31)29-26(32)23-13-20(28)6-10-24(23)30-38(33,34)22-8-4-19(27)5-9-22/h4-13,17-18,30H,14-15H2,1-3H3,(H,29,32). The summed E-state index contributed by atoms with van der Waals surface area (Å²) in [5.41, 5.74) is 0.755. The lowest BCUT2D eigenvalue weighted by atomic mass is 10.1. The Morgan fingerprint density at radius 1 is 0.897 bits per heavy atom. The maximum atomic E-state index is 13.3. The number of sulfonamides is 2. The van der Waals surface area contributed by atoms with Gasteiger partial charge in [0.2, 0.25) is 10.0 Å². The molecule has 9 nitrogen and oxygen atoms in total. The highest BCUT2D eigenvalue weighted by molar-refractivity contribution is 7.92. The molecule has 39 heavy (non-hydrogen) atoms. The summed E-state index contributed by atoms with van der Waals surface area (Å²) >= 11 is 12.0. The Hall–Kier alpha value is -2.67. The van der Waals surface area contributed by atoms with Gasteiger partial charge < -0.3 is 10.1 Å². The highest BCUT2D eigenvalue weighted by Crippen LogP contribution is 2.28. The Morgan fingerprint density at radius 3 is 2.13 bits per heavy atom. The second-order valence-electron chi connectivity index (χ2n) is 9.26. The highest BCUT2D eigenvalue weighted by atomic mass is 35.5. The maximum absolute atomic E-state index is 13.3. The Bertz CT molecular complexity index is 1600. The number of hydrogen-bond donors (Lipinski definition) is 2. The molecule has 1 amide bonds. The lowest BCUT2D eigenvalue weighted by molar-refractivity contribution is -0.0440. The molecule has 13 heteroatoms. The van der Waals surface area contributed by atoms with Crippen LogP contribution in [0.4, 0.5) is 11.4 Å². The van der Waals surface area contributed by atoms with Crippen molar-refractivity contribution in [1.29, 1.82) is 0 Å². The van der Waals surface area contributed by atoms with Crippen molar-refractivity contribution in [2.24, 2.45) is 0 Å². The third-order valence-electron chi connectivity index (χ3n) is 6.03. The predicted molar refractivity (Wildman–Crippen MR) is 152 cm³/mol. The van der Waals surface area contributed by atoms with Gasteiger partial charge >= 0.3 is 0 Å². The smallest absolute Gasteiger partial charge is 0.261 e. The quantitative estimate of drug-likeness (QED) is 0.381. The lowest BCUT2D eigenvalue weighted by Gasteiger charge is -2.34. The summed E-state index contributed by atoms with van der Waals surface area (Å²) in [7, 11) is -7.81. The van der Waals surface area contributed by atoms with E-state index in [0.717, 1.165) is 0 Å². The number of anilines is 2. The van der Waals surface area contributed by atoms with E-state index < -0.39 is 26.0 Å². The van der Waals surface area contributed by atoms with E-state index in [0.29, 0.717) is 16.3 Å². The summed E-state index contributed by atoms with van der Waals surface area (Å²) in [6, 6.07) is 14.2. The molecule has 1 saturated heterocycles. The first-order valence-electron chi connectivity index (χ1n) is 11.9. The van der Waals surface area contributed by atoms with Gasteiger partial charge in [-0.15, -0.1) is 0 Å². The largest absolute Gasteiger partial charge is 0.373 e. The number of carbonyl (C=O) groups is 1. The molecule has 0 spiro atoms. The van der Waals surface area contributed by atoms with Crippen LogP contribution in [0.25, 0.3) is 0 Å². The number of carbonyl (C=O) groups excluding carboxylic acids is 1. The molecule has 1 fully saturated rings. The number of aryl methyl sites for hydroxylation is 1. The molecule has 2 unspecified atom stereocenters. The molecule has 1 aliphatic heterocycles. The van der Waals surface area contributed by atoms with Crippen LogP contribution in [-0.2, 0) is 24.8 Å². The molecule has 0 saturated carbocycles. The molecule has 3 aromatic carbocycles. The summed E-state index contributed by atoms with van der Waals surface area (Å²) in [5, 5.41) is 3.30. The summed E-state index contributed by atoms with van der Waals surface area (Å²) in [6.45, 7) is 5.77. The van der Waals surface area contributed by atoms with Gasteiger partial charge in [0.15, 0.2) is 0 Å². The zero-order valence-electron chi connectivity index (χ0n) is 21.3. The molecule has 0 bridgehead atoms. The van der Waals surface area contributed by atoms with Crippen molar-refractivity contribution < 1.29 is 26.4 Å². The fraction of sp³-hybridized carbons (Fsp3) is 0.269. The molecule has 4 rings (SSSR count). The van der Waals surface area contributed by atoms with Crippen molar-refractivity contribution in [2.45, 2.75) is 42.8 Å². The molecule has 0 radical (unpaired) electrons. The van der Waals surface area contributed by atoms with E-state index in [1.807, 2.05) is 13.8 Å².